The maximum Gasteiger partial charge on any atom is 0.241 e. The minimum atomic E-state index is -0.552. The fraction of sp³-hybridized carbons (Fsp3) is 0.300. The molecule has 5 N–H and O–H groups in total. The van der Waals surface area contributed by atoms with Crippen LogP contribution in [-0.2, 0) is 4.79 Å². The van der Waals surface area contributed by atoms with E-state index in [1.807, 2.05) is 13.0 Å². The summed E-state index contributed by atoms with van der Waals surface area (Å²) in [5, 5.41) is 2.67. The SMILES string of the molecule is Cc1cc(Br)cc(NC(=O)C(C)N)c1N. The molecule has 1 rings (SSSR count). The molecule has 82 valence electrons. The van der Waals surface area contributed by atoms with Gasteiger partial charge in [-0.05, 0) is 31.5 Å². The smallest absolute Gasteiger partial charge is 0.241 e. The second kappa shape index (κ2) is 4.63. The van der Waals surface area contributed by atoms with Gasteiger partial charge < -0.3 is 16.8 Å². The number of nitrogen functional groups attached to an aromatic ring is 1. The van der Waals surface area contributed by atoms with E-state index < -0.39 is 6.04 Å². The summed E-state index contributed by atoms with van der Waals surface area (Å²) in [7, 11) is 0. The van der Waals surface area contributed by atoms with Crippen molar-refractivity contribution in [2.45, 2.75) is 19.9 Å². The third-order valence-corrected chi connectivity index (χ3v) is 2.48. The molecule has 0 radical (unpaired) electrons. The van der Waals surface area contributed by atoms with Crippen molar-refractivity contribution < 1.29 is 4.79 Å². The topological polar surface area (TPSA) is 81.1 Å². The number of rotatable bonds is 2. The van der Waals surface area contributed by atoms with Crippen molar-refractivity contribution in [1.29, 1.82) is 0 Å². The third-order valence-electron chi connectivity index (χ3n) is 2.02. The van der Waals surface area contributed by atoms with Gasteiger partial charge in [0.15, 0.2) is 0 Å². The molecule has 1 aromatic rings. The lowest BCUT2D eigenvalue weighted by Gasteiger charge is -2.12. The summed E-state index contributed by atoms with van der Waals surface area (Å²) in [6.07, 6.45) is 0. The maximum atomic E-state index is 11.4. The van der Waals surface area contributed by atoms with Gasteiger partial charge in [-0.1, -0.05) is 15.9 Å². The van der Waals surface area contributed by atoms with E-state index in [0.717, 1.165) is 10.0 Å². The third kappa shape index (κ3) is 2.94. The van der Waals surface area contributed by atoms with E-state index in [4.69, 9.17) is 11.5 Å². The number of carbonyl (C=O) groups is 1. The van der Waals surface area contributed by atoms with E-state index in [0.29, 0.717) is 11.4 Å². The molecule has 0 saturated heterocycles. The molecular formula is C10H14BrN3O. The van der Waals surface area contributed by atoms with E-state index in [-0.39, 0.29) is 5.91 Å². The van der Waals surface area contributed by atoms with Crippen LogP contribution in [0.15, 0.2) is 16.6 Å². The highest BCUT2D eigenvalue weighted by Gasteiger charge is 2.11. The van der Waals surface area contributed by atoms with Crippen molar-refractivity contribution in [1.82, 2.24) is 0 Å². The Morgan fingerprint density at radius 2 is 2.13 bits per heavy atom. The Balaban J connectivity index is 2.99. The number of hydrogen-bond acceptors (Lipinski definition) is 3. The first-order valence-corrected chi connectivity index (χ1v) is 5.33. The molecule has 1 atom stereocenters. The van der Waals surface area contributed by atoms with Crippen molar-refractivity contribution in [3.8, 4) is 0 Å². The number of nitrogens with two attached hydrogens (primary N) is 2. The van der Waals surface area contributed by atoms with Gasteiger partial charge in [-0.25, -0.2) is 0 Å². The lowest BCUT2D eigenvalue weighted by Crippen LogP contribution is -2.32. The van der Waals surface area contributed by atoms with Crippen LogP contribution >= 0.6 is 15.9 Å². The lowest BCUT2D eigenvalue weighted by molar-refractivity contribution is -0.117. The van der Waals surface area contributed by atoms with Crippen LogP contribution in [-0.4, -0.2) is 11.9 Å². The Morgan fingerprint density at radius 3 is 2.67 bits per heavy atom. The van der Waals surface area contributed by atoms with Crippen molar-refractivity contribution >= 4 is 33.2 Å². The number of hydrogen-bond donors (Lipinski definition) is 3. The van der Waals surface area contributed by atoms with Crippen molar-refractivity contribution in [3.05, 3.63) is 22.2 Å². The number of aryl methyl sites for hydroxylation is 1. The summed E-state index contributed by atoms with van der Waals surface area (Å²) in [6, 6.07) is 3.09. The van der Waals surface area contributed by atoms with Crippen molar-refractivity contribution in [2.75, 3.05) is 11.1 Å². The number of anilines is 2. The average molecular weight is 272 g/mol. The van der Waals surface area contributed by atoms with Gasteiger partial charge in [-0.2, -0.15) is 0 Å². The predicted molar refractivity (Wildman–Crippen MR) is 65.6 cm³/mol. The van der Waals surface area contributed by atoms with Gasteiger partial charge in [0.2, 0.25) is 5.91 Å². The molecule has 1 unspecified atom stereocenters. The van der Waals surface area contributed by atoms with Crippen molar-refractivity contribution in [2.24, 2.45) is 5.73 Å². The Kier molecular flexibility index (Phi) is 3.71. The highest BCUT2D eigenvalue weighted by Crippen LogP contribution is 2.27. The van der Waals surface area contributed by atoms with Crippen LogP contribution < -0.4 is 16.8 Å². The summed E-state index contributed by atoms with van der Waals surface area (Å²) in [5.74, 6) is -0.251. The Morgan fingerprint density at radius 1 is 1.53 bits per heavy atom. The second-order valence-electron chi connectivity index (χ2n) is 3.46. The zero-order valence-electron chi connectivity index (χ0n) is 8.67. The van der Waals surface area contributed by atoms with Gasteiger partial charge >= 0.3 is 0 Å². The molecule has 0 bridgehead atoms. The summed E-state index contributed by atoms with van der Waals surface area (Å²) in [4.78, 5) is 11.4. The van der Waals surface area contributed by atoms with Crippen molar-refractivity contribution in [3.63, 3.8) is 0 Å². The van der Waals surface area contributed by atoms with Gasteiger partial charge in [0.1, 0.15) is 0 Å². The molecule has 0 fully saturated rings. The first-order chi connectivity index (χ1) is 6.91. The fourth-order valence-electron chi connectivity index (χ4n) is 1.10. The minimum absolute atomic E-state index is 0.251. The normalized spacial score (nSPS) is 12.3. The summed E-state index contributed by atoms with van der Waals surface area (Å²) in [6.45, 7) is 3.50. The molecule has 1 aromatic carbocycles. The van der Waals surface area contributed by atoms with Gasteiger partial charge in [0, 0.05) is 4.47 Å². The lowest BCUT2D eigenvalue weighted by atomic mass is 10.1. The van der Waals surface area contributed by atoms with Gasteiger partial charge in [-0.15, -0.1) is 0 Å². The summed E-state index contributed by atoms with van der Waals surface area (Å²) < 4.78 is 0.870. The molecule has 0 aliphatic heterocycles. The maximum absolute atomic E-state index is 11.4. The molecule has 15 heavy (non-hydrogen) atoms. The average Bonchev–Trinajstić information content (AvgIpc) is 2.13. The van der Waals surface area contributed by atoms with E-state index in [2.05, 4.69) is 21.2 Å². The van der Waals surface area contributed by atoms with Crippen LogP contribution in [0.2, 0.25) is 0 Å². The van der Waals surface area contributed by atoms with Gasteiger partial charge in [0.05, 0.1) is 17.4 Å². The molecule has 1 amide bonds. The first kappa shape index (κ1) is 12.0. The van der Waals surface area contributed by atoms with E-state index >= 15 is 0 Å². The largest absolute Gasteiger partial charge is 0.397 e. The Hall–Kier alpha value is -1.07. The molecule has 0 saturated carbocycles. The zero-order chi connectivity index (χ0) is 11.6. The minimum Gasteiger partial charge on any atom is -0.397 e. The number of amides is 1. The predicted octanol–water partition coefficient (Wildman–Crippen LogP) is 1.63. The van der Waals surface area contributed by atoms with Crippen LogP contribution in [0, 0.1) is 6.92 Å². The molecule has 0 spiro atoms. The number of carbonyl (C=O) groups excluding carboxylic acids is 1. The first-order valence-electron chi connectivity index (χ1n) is 4.54. The Labute approximate surface area is 97.1 Å². The second-order valence-corrected chi connectivity index (χ2v) is 4.38. The highest BCUT2D eigenvalue weighted by molar-refractivity contribution is 9.10. The van der Waals surface area contributed by atoms with Crippen LogP contribution in [0.25, 0.3) is 0 Å². The standard InChI is InChI=1S/C10H14BrN3O/c1-5-3-7(11)4-8(9(5)13)14-10(15)6(2)12/h3-4,6H,12-13H2,1-2H3,(H,14,15). The van der Waals surface area contributed by atoms with E-state index in [9.17, 15) is 4.79 Å². The number of nitrogens with one attached hydrogen (secondary N) is 1. The van der Waals surface area contributed by atoms with Crippen LogP contribution in [0.3, 0.4) is 0 Å². The molecule has 4 nitrogen and oxygen atoms in total. The molecular weight excluding hydrogens is 258 g/mol. The molecule has 0 aliphatic carbocycles. The molecule has 5 heteroatoms. The monoisotopic (exact) mass is 271 g/mol. The van der Waals surface area contributed by atoms with Crippen LogP contribution in [0.1, 0.15) is 12.5 Å². The zero-order valence-corrected chi connectivity index (χ0v) is 10.3. The fourth-order valence-corrected chi connectivity index (χ4v) is 1.68. The molecule has 0 aromatic heterocycles. The summed E-state index contributed by atoms with van der Waals surface area (Å²) >= 11 is 3.34. The Bertz CT molecular complexity index is 390. The summed E-state index contributed by atoms with van der Waals surface area (Å²) in [5.41, 5.74) is 13.3. The molecule has 0 heterocycles. The van der Waals surface area contributed by atoms with E-state index in [1.54, 1.807) is 13.0 Å². The number of benzene rings is 1. The van der Waals surface area contributed by atoms with E-state index in [1.165, 1.54) is 0 Å². The van der Waals surface area contributed by atoms with Gasteiger partial charge in [0.25, 0.3) is 0 Å². The van der Waals surface area contributed by atoms with Gasteiger partial charge in [-0.3, -0.25) is 4.79 Å². The van der Waals surface area contributed by atoms with Crippen LogP contribution in [0.5, 0.6) is 0 Å². The highest BCUT2D eigenvalue weighted by atomic mass is 79.9. The molecule has 0 aliphatic rings. The number of halogens is 1. The quantitative estimate of drug-likeness (QED) is 0.716. The van der Waals surface area contributed by atoms with Crippen LogP contribution in [0.4, 0.5) is 11.4 Å².